The molecular formula is C33H47N3O6S. The lowest BCUT2D eigenvalue weighted by Gasteiger charge is -2.14. The molecule has 0 spiro atoms. The number of aromatic nitrogens is 2. The van der Waals surface area contributed by atoms with Crippen LogP contribution in [0.25, 0.3) is 21.9 Å². The van der Waals surface area contributed by atoms with Gasteiger partial charge in [0.15, 0.2) is 5.75 Å². The average molecular weight is 614 g/mol. The molecule has 0 saturated heterocycles. The number of rotatable bonds is 8. The van der Waals surface area contributed by atoms with Crippen LogP contribution in [0.15, 0.2) is 53.5 Å². The number of methoxy groups -OCH3 is 1. The highest BCUT2D eigenvalue weighted by molar-refractivity contribution is 7.90. The van der Waals surface area contributed by atoms with Gasteiger partial charge in [0, 0.05) is 6.04 Å². The molecule has 0 bridgehead atoms. The molecule has 0 unspecified atom stereocenters. The summed E-state index contributed by atoms with van der Waals surface area (Å²) in [5.41, 5.74) is 1.47. The van der Waals surface area contributed by atoms with Crippen molar-refractivity contribution in [1.82, 2.24) is 14.5 Å². The van der Waals surface area contributed by atoms with Crippen LogP contribution in [-0.2, 0) is 19.6 Å². The van der Waals surface area contributed by atoms with Crippen LogP contribution < -0.4 is 15.0 Å². The van der Waals surface area contributed by atoms with Crippen LogP contribution in [0.1, 0.15) is 86.1 Å². The minimum absolute atomic E-state index is 0.0111. The quantitative estimate of drug-likeness (QED) is 0.298. The molecule has 2 aromatic carbocycles. The number of carbonyl (C=O) groups is 1. The Morgan fingerprint density at radius 1 is 0.930 bits per heavy atom. The molecule has 2 saturated carbocycles. The summed E-state index contributed by atoms with van der Waals surface area (Å²) >= 11 is 0. The number of hydrogen-bond acceptors (Lipinski definition) is 7. The fourth-order valence-electron chi connectivity index (χ4n) is 4.78. The molecular weight excluding hydrogens is 566 g/mol. The normalized spacial score (nSPS) is 15.2. The van der Waals surface area contributed by atoms with Crippen molar-refractivity contribution in [2.75, 3.05) is 7.11 Å². The zero-order valence-corrected chi connectivity index (χ0v) is 27.3. The van der Waals surface area contributed by atoms with Crippen LogP contribution in [0.3, 0.4) is 0 Å². The molecule has 10 heteroatoms. The van der Waals surface area contributed by atoms with Gasteiger partial charge >= 0.3 is 11.5 Å². The van der Waals surface area contributed by atoms with E-state index in [1.807, 2.05) is 84.0 Å². The first-order chi connectivity index (χ1) is 20.4. The van der Waals surface area contributed by atoms with Crippen LogP contribution in [0.2, 0.25) is 0 Å². The van der Waals surface area contributed by atoms with E-state index < -0.39 is 10.0 Å². The molecule has 0 aliphatic heterocycles. The minimum atomic E-state index is -2.94. The predicted molar refractivity (Wildman–Crippen MR) is 172 cm³/mol. The molecule has 1 N–H and O–H groups in total. The number of esters is 1. The van der Waals surface area contributed by atoms with Gasteiger partial charge in [0.2, 0.25) is 10.0 Å². The molecule has 2 aliphatic carbocycles. The Morgan fingerprint density at radius 2 is 1.56 bits per heavy atom. The maximum absolute atomic E-state index is 12.5. The maximum atomic E-state index is 12.5. The summed E-state index contributed by atoms with van der Waals surface area (Å²) in [5.74, 6) is 0.313. The van der Waals surface area contributed by atoms with Crippen LogP contribution in [-0.4, -0.2) is 48.7 Å². The van der Waals surface area contributed by atoms with Crippen LogP contribution in [0.5, 0.6) is 5.75 Å². The van der Waals surface area contributed by atoms with Crippen molar-refractivity contribution in [3.63, 3.8) is 0 Å². The van der Waals surface area contributed by atoms with E-state index in [-0.39, 0.29) is 40.9 Å². The van der Waals surface area contributed by atoms with E-state index >= 15 is 0 Å². The van der Waals surface area contributed by atoms with Crippen molar-refractivity contribution in [1.29, 1.82) is 0 Å². The summed E-state index contributed by atoms with van der Waals surface area (Å²) in [5, 5.41) is 6.40. The molecule has 2 aliphatic rings. The van der Waals surface area contributed by atoms with E-state index in [2.05, 4.69) is 9.82 Å². The third-order valence-electron chi connectivity index (χ3n) is 7.15. The molecule has 5 rings (SSSR count). The van der Waals surface area contributed by atoms with Crippen molar-refractivity contribution >= 4 is 26.8 Å². The summed E-state index contributed by atoms with van der Waals surface area (Å²) in [6.45, 7) is 11.3. The fourth-order valence-corrected chi connectivity index (χ4v) is 6.38. The summed E-state index contributed by atoms with van der Waals surface area (Å²) in [7, 11) is -1.41. The van der Waals surface area contributed by atoms with E-state index in [4.69, 9.17) is 9.47 Å². The zero-order chi connectivity index (χ0) is 31.7. The van der Waals surface area contributed by atoms with E-state index in [9.17, 15) is 18.0 Å². The second kappa shape index (κ2) is 15.5. The first-order valence-electron chi connectivity index (χ1n) is 15.2. The Hall–Kier alpha value is -3.24. The lowest BCUT2D eigenvalue weighted by molar-refractivity contribution is -0.152. The first-order valence-corrected chi connectivity index (χ1v) is 16.8. The van der Waals surface area contributed by atoms with E-state index in [0.29, 0.717) is 5.75 Å². The van der Waals surface area contributed by atoms with Gasteiger partial charge in [-0.15, -0.1) is 0 Å². The molecule has 0 amide bonds. The molecule has 0 atom stereocenters. The summed E-state index contributed by atoms with van der Waals surface area (Å²) < 4.78 is 36.8. The highest BCUT2D eigenvalue weighted by Crippen LogP contribution is 2.32. The van der Waals surface area contributed by atoms with Gasteiger partial charge < -0.3 is 9.47 Å². The van der Waals surface area contributed by atoms with Crippen LogP contribution >= 0.6 is 0 Å². The molecule has 43 heavy (non-hydrogen) atoms. The lowest BCUT2D eigenvalue weighted by Crippen LogP contribution is -2.32. The number of fused-ring (bicyclic) bond motifs is 1. The number of benzene rings is 2. The Morgan fingerprint density at radius 3 is 2.12 bits per heavy atom. The van der Waals surface area contributed by atoms with E-state index in [1.165, 1.54) is 24.6 Å². The van der Waals surface area contributed by atoms with Crippen molar-refractivity contribution in [2.24, 2.45) is 5.92 Å². The minimum Gasteiger partial charge on any atom is -0.491 e. The third kappa shape index (κ3) is 9.63. The smallest absolute Gasteiger partial charge is 0.309 e. The Bertz CT molecular complexity index is 1520. The van der Waals surface area contributed by atoms with Gasteiger partial charge in [0.25, 0.3) is 0 Å². The van der Waals surface area contributed by atoms with Gasteiger partial charge in [-0.1, -0.05) is 56.3 Å². The maximum Gasteiger partial charge on any atom is 0.309 e. The number of sulfonamides is 1. The summed E-state index contributed by atoms with van der Waals surface area (Å²) in [6, 6.07) is 14.1. The topological polar surface area (TPSA) is 117 Å². The highest BCUT2D eigenvalue weighted by atomic mass is 32.2. The molecule has 0 radical (unpaired) electrons. The van der Waals surface area contributed by atoms with Crippen LogP contribution in [0, 0.1) is 5.92 Å². The Labute approximate surface area is 256 Å². The van der Waals surface area contributed by atoms with Crippen molar-refractivity contribution < 1.29 is 22.7 Å². The molecule has 236 valence electrons. The molecule has 1 aromatic heterocycles. The Balaban J connectivity index is 0.000000201. The fraction of sp³-hybridized carbons (Fsp3) is 0.545. The Kier molecular flexibility index (Phi) is 12.3. The van der Waals surface area contributed by atoms with Gasteiger partial charge in [0.1, 0.15) is 6.10 Å². The number of carbonyl (C=O) groups excluding carboxylic acids is 1. The second-order valence-corrected chi connectivity index (χ2v) is 14.0. The number of nitrogens with one attached hydrogen (secondary N) is 1. The van der Waals surface area contributed by atoms with Gasteiger partial charge in [-0.25, -0.2) is 17.8 Å². The first kappa shape index (κ1) is 34.3. The SMILES string of the molecule is CC(C)C(=O)OC1CCCC1.CC(C)NS(=O)(=O)C1CC1.COc1c(-c2cccc3ccccc23)cnn(C(C)C)c1=O. The molecule has 1 heterocycles. The number of ether oxygens (including phenoxy) is 2. The van der Waals surface area contributed by atoms with Crippen molar-refractivity contribution in [3.8, 4) is 16.9 Å². The zero-order valence-electron chi connectivity index (χ0n) is 26.5. The van der Waals surface area contributed by atoms with Crippen LogP contribution in [0.4, 0.5) is 0 Å². The standard InChI is InChI=1S/C18H18N2O2.C9H16O2.C6H13NO2S/c1-12(2)20-18(21)17(22-3)16(11-19-20)15-10-6-8-13-7-4-5-9-14(13)15;1-7(2)9(10)11-8-5-3-4-6-8;1-5(2)7-10(8,9)6-3-4-6/h4-12H,1-3H3;7-8H,3-6H2,1-2H3;5-7H,3-4H2,1-2H3. The second-order valence-electron chi connectivity index (χ2n) is 12.0. The predicted octanol–water partition coefficient (Wildman–Crippen LogP) is 6.26. The lowest BCUT2D eigenvalue weighted by atomic mass is 9.99. The molecule has 2 fully saturated rings. The van der Waals surface area contributed by atoms with Crippen molar-refractivity contribution in [2.45, 2.75) is 104 Å². The van der Waals surface area contributed by atoms with E-state index in [0.717, 1.165) is 47.6 Å². The van der Waals surface area contributed by atoms with Gasteiger partial charge in [-0.2, -0.15) is 5.10 Å². The summed E-state index contributed by atoms with van der Waals surface area (Å²) in [6.07, 6.45) is 8.18. The molecule has 3 aromatic rings. The highest BCUT2D eigenvalue weighted by Gasteiger charge is 2.35. The largest absolute Gasteiger partial charge is 0.491 e. The average Bonchev–Trinajstić information content (AvgIpc) is 3.71. The monoisotopic (exact) mass is 613 g/mol. The molecule has 9 nitrogen and oxygen atoms in total. The number of nitrogens with zero attached hydrogens (tertiary/aromatic N) is 2. The summed E-state index contributed by atoms with van der Waals surface area (Å²) in [4.78, 5) is 23.6. The van der Waals surface area contributed by atoms with Crippen molar-refractivity contribution in [3.05, 3.63) is 59.0 Å². The number of hydrogen-bond donors (Lipinski definition) is 1. The third-order valence-corrected chi connectivity index (χ3v) is 9.30. The van der Waals surface area contributed by atoms with Gasteiger partial charge in [-0.3, -0.25) is 9.59 Å². The van der Waals surface area contributed by atoms with E-state index in [1.54, 1.807) is 6.20 Å². The van der Waals surface area contributed by atoms with Gasteiger partial charge in [0.05, 0.1) is 36.1 Å². The van der Waals surface area contributed by atoms with Gasteiger partial charge in [-0.05, 0) is 82.6 Å².